The molecule has 0 saturated carbocycles. The van der Waals surface area contributed by atoms with Crippen LogP contribution < -0.4 is 11.1 Å². The second-order valence-corrected chi connectivity index (χ2v) is 7.36. The molecule has 3 aliphatic rings. The molecule has 0 bridgehead atoms. The zero-order valence-corrected chi connectivity index (χ0v) is 15.1. The number of nitrogens with zero attached hydrogens (tertiary/aromatic N) is 2. The third-order valence-electron chi connectivity index (χ3n) is 5.48. The van der Waals surface area contributed by atoms with Crippen molar-refractivity contribution in [2.24, 2.45) is 5.73 Å². The molecule has 3 aliphatic heterocycles. The maximum absolute atomic E-state index is 12.7. The third kappa shape index (κ3) is 3.60. The van der Waals surface area contributed by atoms with Crippen LogP contribution in [0.15, 0.2) is 18.2 Å². The molecule has 8 nitrogen and oxygen atoms in total. The van der Waals surface area contributed by atoms with Gasteiger partial charge in [0.1, 0.15) is 6.04 Å². The zero-order chi connectivity index (χ0) is 19.0. The normalized spacial score (nSPS) is 26.3. The summed E-state index contributed by atoms with van der Waals surface area (Å²) in [5.74, 6) is -0.793. The Kier molecular flexibility index (Phi) is 4.94. The number of carbonyl (C=O) groups is 3. The predicted molar refractivity (Wildman–Crippen MR) is 96.6 cm³/mol. The number of benzene rings is 1. The Balaban J connectivity index is 1.46. The number of amides is 3. The van der Waals surface area contributed by atoms with Gasteiger partial charge in [0.2, 0.25) is 11.8 Å². The molecule has 2 atom stereocenters. The fourth-order valence-corrected chi connectivity index (χ4v) is 4.05. The van der Waals surface area contributed by atoms with Crippen molar-refractivity contribution in [1.82, 2.24) is 15.1 Å². The summed E-state index contributed by atoms with van der Waals surface area (Å²) in [5.41, 5.74) is 8.41. The van der Waals surface area contributed by atoms with Crippen LogP contribution in [0.5, 0.6) is 0 Å². The molecule has 2 saturated heterocycles. The van der Waals surface area contributed by atoms with Crippen molar-refractivity contribution < 1.29 is 19.1 Å². The second-order valence-electron chi connectivity index (χ2n) is 7.36. The first kappa shape index (κ1) is 18.1. The fraction of sp³-hybridized carbons (Fsp3) is 0.526. The van der Waals surface area contributed by atoms with Crippen LogP contribution in [-0.2, 0) is 27.4 Å². The minimum Gasteiger partial charge on any atom is -0.374 e. The van der Waals surface area contributed by atoms with Gasteiger partial charge in [0.05, 0.1) is 12.7 Å². The van der Waals surface area contributed by atoms with Gasteiger partial charge in [0.15, 0.2) is 0 Å². The first-order valence-electron chi connectivity index (χ1n) is 9.35. The molecular weight excluding hydrogens is 348 g/mol. The smallest absolute Gasteiger partial charge is 0.255 e. The van der Waals surface area contributed by atoms with E-state index in [0.717, 1.165) is 30.8 Å². The molecule has 0 spiro atoms. The van der Waals surface area contributed by atoms with Gasteiger partial charge in [0.25, 0.3) is 5.91 Å². The van der Waals surface area contributed by atoms with Crippen LogP contribution in [0.3, 0.4) is 0 Å². The van der Waals surface area contributed by atoms with Crippen molar-refractivity contribution in [3.05, 3.63) is 34.9 Å². The van der Waals surface area contributed by atoms with Crippen LogP contribution in [0.1, 0.15) is 34.3 Å². The van der Waals surface area contributed by atoms with E-state index >= 15 is 0 Å². The van der Waals surface area contributed by atoms with Crippen molar-refractivity contribution in [2.45, 2.75) is 38.1 Å². The van der Waals surface area contributed by atoms with E-state index in [2.05, 4.69) is 10.2 Å². The van der Waals surface area contributed by atoms with Gasteiger partial charge in [-0.2, -0.15) is 0 Å². The monoisotopic (exact) mass is 372 g/mol. The van der Waals surface area contributed by atoms with Gasteiger partial charge in [-0.15, -0.1) is 0 Å². The van der Waals surface area contributed by atoms with Crippen LogP contribution in [-0.4, -0.2) is 65.9 Å². The van der Waals surface area contributed by atoms with Gasteiger partial charge in [-0.3, -0.25) is 24.6 Å². The number of carbonyl (C=O) groups excluding carboxylic acids is 3. The van der Waals surface area contributed by atoms with Gasteiger partial charge in [-0.1, -0.05) is 12.1 Å². The van der Waals surface area contributed by atoms with E-state index in [0.29, 0.717) is 31.7 Å². The minimum absolute atomic E-state index is 0.0674. The number of rotatable bonds is 4. The fourth-order valence-electron chi connectivity index (χ4n) is 4.05. The Bertz CT molecular complexity index is 781. The zero-order valence-electron chi connectivity index (χ0n) is 15.1. The summed E-state index contributed by atoms with van der Waals surface area (Å²) in [6.45, 7) is 4.02. The lowest BCUT2D eigenvalue weighted by Gasteiger charge is -2.32. The van der Waals surface area contributed by atoms with Crippen molar-refractivity contribution >= 4 is 17.7 Å². The SMILES string of the molecule is NCC1CN(Cc2ccc3c(c2)CN(C2CCC(=O)NC2=O)C3=O)CCO1. The van der Waals surface area contributed by atoms with E-state index in [1.807, 2.05) is 18.2 Å². The molecule has 2 fully saturated rings. The molecule has 2 unspecified atom stereocenters. The second kappa shape index (κ2) is 7.38. The topological polar surface area (TPSA) is 105 Å². The molecule has 0 aromatic heterocycles. The van der Waals surface area contributed by atoms with Crippen molar-refractivity contribution in [2.75, 3.05) is 26.2 Å². The molecule has 0 radical (unpaired) electrons. The van der Waals surface area contributed by atoms with Crippen LogP contribution in [0.25, 0.3) is 0 Å². The molecule has 3 heterocycles. The standard InChI is InChI=1S/C19H24N4O4/c20-8-14-11-22(5-6-27-14)9-12-1-2-15-13(7-12)10-23(19(15)26)16-3-4-17(24)21-18(16)25/h1-2,7,14,16H,3-6,8-11,20H2,(H,21,24,25). The Hall–Kier alpha value is -2.29. The van der Waals surface area contributed by atoms with Crippen molar-refractivity contribution in [3.63, 3.8) is 0 Å². The van der Waals surface area contributed by atoms with Crippen LogP contribution in [0.4, 0.5) is 0 Å². The highest BCUT2D eigenvalue weighted by molar-refractivity contribution is 6.05. The Labute approximate surface area is 157 Å². The highest BCUT2D eigenvalue weighted by atomic mass is 16.5. The van der Waals surface area contributed by atoms with E-state index in [1.165, 1.54) is 0 Å². The Morgan fingerprint density at radius 1 is 1.26 bits per heavy atom. The van der Waals surface area contributed by atoms with Gasteiger partial charge < -0.3 is 15.4 Å². The lowest BCUT2D eigenvalue weighted by Crippen LogP contribution is -2.52. The number of piperidine rings is 1. The summed E-state index contributed by atoms with van der Waals surface area (Å²) in [6.07, 6.45) is 0.713. The van der Waals surface area contributed by atoms with Gasteiger partial charge in [0, 0.05) is 44.7 Å². The molecule has 8 heteroatoms. The minimum atomic E-state index is -0.574. The van der Waals surface area contributed by atoms with Crippen molar-refractivity contribution in [1.29, 1.82) is 0 Å². The molecule has 3 amide bonds. The highest BCUT2D eigenvalue weighted by Gasteiger charge is 2.39. The Morgan fingerprint density at radius 2 is 2.11 bits per heavy atom. The molecule has 1 aromatic carbocycles. The lowest BCUT2D eigenvalue weighted by atomic mass is 10.0. The number of morpholine rings is 1. The average Bonchev–Trinajstić information content (AvgIpc) is 2.98. The third-order valence-corrected chi connectivity index (χ3v) is 5.48. The molecule has 144 valence electrons. The van der Waals surface area contributed by atoms with E-state index < -0.39 is 6.04 Å². The predicted octanol–water partition coefficient (Wildman–Crippen LogP) is -0.393. The summed E-state index contributed by atoms with van der Waals surface area (Å²) >= 11 is 0. The summed E-state index contributed by atoms with van der Waals surface area (Å²) in [4.78, 5) is 40.1. The van der Waals surface area contributed by atoms with Crippen LogP contribution in [0.2, 0.25) is 0 Å². The largest absolute Gasteiger partial charge is 0.374 e. The summed E-state index contributed by atoms with van der Waals surface area (Å²) in [5, 5.41) is 2.33. The highest BCUT2D eigenvalue weighted by Crippen LogP contribution is 2.28. The summed E-state index contributed by atoms with van der Waals surface area (Å²) in [6, 6.07) is 5.29. The first-order chi connectivity index (χ1) is 13.0. The van der Waals surface area contributed by atoms with Gasteiger partial charge in [-0.25, -0.2) is 0 Å². The molecule has 4 rings (SSSR count). The number of imide groups is 1. The van der Waals surface area contributed by atoms with Crippen molar-refractivity contribution in [3.8, 4) is 0 Å². The maximum atomic E-state index is 12.7. The maximum Gasteiger partial charge on any atom is 0.255 e. The lowest BCUT2D eigenvalue weighted by molar-refractivity contribution is -0.136. The van der Waals surface area contributed by atoms with Gasteiger partial charge >= 0.3 is 0 Å². The van der Waals surface area contributed by atoms with Gasteiger partial charge in [-0.05, 0) is 23.6 Å². The van der Waals surface area contributed by atoms with Crippen LogP contribution >= 0.6 is 0 Å². The number of hydrogen-bond donors (Lipinski definition) is 2. The molecule has 1 aromatic rings. The summed E-state index contributed by atoms with van der Waals surface area (Å²) in [7, 11) is 0. The van der Waals surface area contributed by atoms with Crippen LogP contribution in [0, 0.1) is 0 Å². The molecule has 27 heavy (non-hydrogen) atoms. The number of ether oxygens (including phenoxy) is 1. The average molecular weight is 372 g/mol. The van der Waals surface area contributed by atoms with E-state index in [4.69, 9.17) is 10.5 Å². The number of nitrogens with two attached hydrogens (primary N) is 1. The quantitative estimate of drug-likeness (QED) is 0.698. The van der Waals surface area contributed by atoms with E-state index in [9.17, 15) is 14.4 Å². The molecular formula is C19H24N4O4. The number of hydrogen-bond acceptors (Lipinski definition) is 6. The first-order valence-corrected chi connectivity index (χ1v) is 9.35. The molecule has 3 N–H and O–H groups in total. The summed E-state index contributed by atoms with van der Waals surface area (Å²) < 4.78 is 5.60. The van der Waals surface area contributed by atoms with E-state index in [-0.39, 0.29) is 30.2 Å². The number of nitrogens with one attached hydrogen (secondary N) is 1. The van der Waals surface area contributed by atoms with E-state index in [1.54, 1.807) is 4.90 Å². The molecule has 0 aliphatic carbocycles. The number of fused-ring (bicyclic) bond motifs is 1. The Morgan fingerprint density at radius 3 is 2.89 bits per heavy atom.